The van der Waals surface area contributed by atoms with Crippen molar-refractivity contribution in [2.45, 2.75) is 25.2 Å². The Hall–Kier alpha value is -0.570. The normalized spacial score (nSPS) is 55.8. The molecule has 0 N–H and O–H groups in total. The first-order valence-electron chi connectivity index (χ1n) is 3.70. The largest absolute Gasteiger partial charge is 0.433 e. The van der Waals surface area contributed by atoms with E-state index in [1.807, 2.05) is 0 Å². The highest BCUT2D eigenvalue weighted by Gasteiger charge is 2.56. The molecule has 54 valence electrons. The van der Waals surface area contributed by atoms with E-state index < -0.39 is 0 Å². The van der Waals surface area contributed by atoms with Gasteiger partial charge in [-0.2, -0.15) is 0 Å². The SMILES string of the molecule is O=C1OC2OC2CC2CC12. The molecule has 0 bridgehead atoms. The maximum atomic E-state index is 11.0. The number of fused-ring (bicyclic) bond motifs is 2. The molecule has 3 rings (SSSR count). The van der Waals surface area contributed by atoms with Crippen LogP contribution in [0.15, 0.2) is 0 Å². The second-order valence-corrected chi connectivity index (χ2v) is 3.32. The molecule has 3 aliphatic rings. The molecule has 0 amide bonds. The summed E-state index contributed by atoms with van der Waals surface area (Å²) in [6.45, 7) is 0. The zero-order valence-corrected chi connectivity index (χ0v) is 5.45. The molecule has 2 heterocycles. The van der Waals surface area contributed by atoms with Crippen LogP contribution < -0.4 is 0 Å². The van der Waals surface area contributed by atoms with Gasteiger partial charge in [-0.05, 0) is 18.8 Å². The Labute approximate surface area is 58.3 Å². The van der Waals surface area contributed by atoms with Crippen molar-refractivity contribution in [3.8, 4) is 0 Å². The number of carbonyl (C=O) groups is 1. The van der Waals surface area contributed by atoms with Crippen LogP contribution in [0.3, 0.4) is 0 Å². The van der Waals surface area contributed by atoms with Crippen LogP contribution in [-0.4, -0.2) is 18.4 Å². The van der Waals surface area contributed by atoms with Crippen LogP contribution in [0.2, 0.25) is 0 Å². The fourth-order valence-electron chi connectivity index (χ4n) is 1.69. The third kappa shape index (κ3) is 0.560. The van der Waals surface area contributed by atoms with E-state index in [9.17, 15) is 4.79 Å². The quantitative estimate of drug-likeness (QED) is 0.358. The Balaban J connectivity index is 1.85. The van der Waals surface area contributed by atoms with Crippen LogP contribution in [0.25, 0.3) is 0 Å². The number of hydrogen-bond acceptors (Lipinski definition) is 3. The Bertz CT molecular complexity index is 201. The molecule has 1 aliphatic carbocycles. The van der Waals surface area contributed by atoms with E-state index in [0.717, 1.165) is 12.8 Å². The van der Waals surface area contributed by atoms with Gasteiger partial charge in [0, 0.05) is 0 Å². The first-order chi connectivity index (χ1) is 4.84. The summed E-state index contributed by atoms with van der Waals surface area (Å²) in [5.74, 6) is 0.788. The van der Waals surface area contributed by atoms with Gasteiger partial charge in [-0.3, -0.25) is 4.79 Å². The predicted octanol–water partition coefficient (Wildman–Crippen LogP) is 0.294. The lowest BCUT2D eigenvalue weighted by atomic mass is 10.2. The van der Waals surface area contributed by atoms with Gasteiger partial charge in [-0.15, -0.1) is 0 Å². The summed E-state index contributed by atoms with van der Waals surface area (Å²) in [7, 11) is 0. The molecule has 0 radical (unpaired) electrons. The van der Waals surface area contributed by atoms with Crippen LogP contribution >= 0.6 is 0 Å². The van der Waals surface area contributed by atoms with E-state index in [4.69, 9.17) is 9.47 Å². The highest BCUT2D eigenvalue weighted by molar-refractivity contribution is 5.76. The van der Waals surface area contributed by atoms with Gasteiger partial charge in [0.25, 0.3) is 0 Å². The molecular weight excluding hydrogens is 132 g/mol. The summed E-state index contributed by atoms with van der Waals surface area (Å²) in [6.07, 6.45) is 2.16. The van der Waals surface area contributed by atoms with Gasteiger partial charge in [0.1, 0.15) is 6.10 Å². The van der Waals surface area contributed by atoms with Crippen molar-refractivity contribution in [1.82, 2.24) is 0 Å². The maximum absolute atomic E-state index is 11.0. The molecule has 2 aliphatic heterocycles. The molecule has 0 aromatic heterocycles. The van der Waals surface area contributed by atoms with Gasteiger partial charge in [0.05, 0.1) is 5.92 Å². The molecular formula is C7H8O3. The minimum atomic E-state index is -0.166. The molecule has 3 heteroatoms. The number of epoxide rings is 1. The minimum absolute atomic E-state index is 0.0324. The van der Waals surface area contributed by atoms with Crippen LogP contribution in [-0.2, 0) is 14.3 Å². The predicted molar refractivity (Wildman–Crippen MR) is 31.0 cm³/mol. The molecule has 4 atom stereocenters. The van der Waals surface area contributed by atoms with Gasteiger partial charge in [-0.1, -0.05) is 0 Å². The molecule has 1 saturated carbocycles. The fraction of sp³-hybridized carbons (Fsp3) is 0.857. The zero-order chi connectivity index (χ0) is 6.72. The van der Waals surface area contributed by atoms with E-state index >= 15 is 0 Å². The number of carbonyl (C=O) groups excluding carboxylic acids is 1. The monoisotopic (exact) mass is 140 g/mol. The average molecular weight is 140 g/mol. The molecule has 0 spiro atoms. The van der Waals surface area contributed by atoms with Crippen LogP contribution in [0.4, 0.5) is 0 Å². The lowest BCUT2D eigenvalue weighted by Crippen LogP contribution is -2.08. The van der Waals surface area contributed by atoms with Crippen molar-refractivity contribution in [2.75, 3.05) is 0 Å². The van der Waals surface area contributed by atoms with Gasteiger partial charge < -0.3 is 9.47 Å². The summed E-state index contributed by atoms with van der Waals surface area (Å²) < 4.78 is 10.1. The summed E-state index contributed by atoms with van der Waals surface area (Å²) in [6, 6.07) is 0. The lowest BCUT2D eigenvalue weighted by molar-refractivity contribution is -0.150. The molecule has 0 aromatic carbocycles. The van der Waals surface area contributed by atoms with Gasteiger partial charge in [-0.25, -0.2) is 0 Å². The summed E-state index contributed by atoms with van der Waals surface area (Å²) in [5, 5.41) is 0. The lowest BCUT2D eigenvalue weighted by Gasteiger charge is -1.95. The Morgan fingerprint density at radius 3 is 3.20 bits per heavy atom. The highest BCUT2D eigenvalue weighted by Crippen LogP contribution is 2.50. The standard InChI is InChI=1S/C7H8O3/c8-6-4-1-3(4)2-5-7(9-5)10-6/h3-5,7H,1-2H2. The first-order valence-corrected chi connectivity index (χ1v) is 3.70. The first kappa shape index (κ1) is 5.13. The molecule has 2 saturated heterocycles. The van der Waals surface area contributed by atoms with Crippen molar-refractivity contribution in [3.63, 3.8) is 0 Å². The maximum Gasteiger partial charge on any atom is 0.311 e. The molecule has 4 unspecified atom stereocenters. The average Bonchev–Trinajstić information content (AvgIpc) is 2.66. The van der Waals surface area contributed by atoms with Crippen molar-refractivity contribution in [3.05, 3.63) is 0 Å². The van der Waals surface area contributed by atoms with Crippen molar-refractivity contribution in [2.24, 2.45) is 11.8 Å². The van der Waals surface area contributed by atoms with E-state index in [2.05, 4.69) is 0 Å². The molecule has 10 heavy (non-hydrogen) atoms. The summed E-state index contributed by atoms with van der Waals surface area (Å²) in [5.41, 5.74) is 0. The number of rotatable bonds is 0. The Morgan fingerprint density at radius 1 is 1.40 bits per heavy atom. The smallest absolute Gasteiger partial charge is 0.311 e. The third-order valence-electron chi connectivity index (χ3n) is 2.53. The van der Waals surface area contributed by atoms with Gasteiger partial charge in [0.2, 0.25) is 6.29 Å². The third-order valence-corrected chi connectivity index (χ3v) is 2.53. The van der Waals surface area contributed by atoms with Gasteiger partial charge in [0.15, 0.2) is 0 Å². The van der Waals surface area contributed by atoms with E-state index in [1.54, 1.807) is 0 Å². The van der Waals surface area contributed by atoms with Crippen molar-refractivity contribution < 1.29 is 14.3 Å². The van der Waals surface area contributed by atoms with Crippen LogP contribution in [0, 0.1) is 11.8 Å². The molecule has 3 fully saturated rings. The topological polar surface area (TPSA) is 38.8 Å². The van der Waals surface area contributed by atoms with E-state index in [-0.39, 0.29) is 24.3 Å². The summed E-state index contributed by atoms with van der Waals surface area (Å²) >= 11 is 0. The Kier molecular flexibility index (Phi) is 0.703. The molecule has 3 nitrogen and oxygen atoms in total. The van der Waals surface area contributed by atoms with Crippen LogP contribution in [0.5, 0.6) is 0 Å². The second kappa shape index (κ2) is 1.37. The Morgan fingerprint density at radius 2 is 2.30 bits per heavy atom. The number of esters is 1. The van der Waals surface area contributed by atoms with Crippen LogP contribution in [0.1, 0.15) is 12.8 Å². The highest BCUT2D eigenvalue weighted by atomic mass is 16.8. The zero-order valence-electron chi connectivity index (χ0n) is 5.45. The summed E-state index contributed by atoms with van der Waals surface area (Å²) in [4.78, 5) is 11.0. The van der Waals surface area contributed by atoms with E-state index in [0.29, 0.717) is 5.92 Å². The van der Waals surface area contributed by atoms with Gasteiger partial charge >= 0.3 is 5.97 Å². The molecule has 0 aromatic rings. The fourth-order valence-corrected chi connectivity index (χ4v) is 1.69. The number of hydrogen-bond donors (Lipinski definition) is 0. The minimum Gasteiger partial charge on any atom is -0.433 e. The second-order valence-electron chi connectivity index (χ2n) is 3.32. The van der Waals surface area contributed by atoms with Crippen molar-refractivity contribution in [1.29, 1.82) is 0 Å². The van der Waals surface area contributed by atoms with Crippen molar-refractivity contribution >= 4 is 5.97 Å². The number of ether oxygens (including phenoxy) is 2. The van der Waals surface area contributed by atoms with E-state index in [1.165, 1.54) is 0 Å².